The summed E-state index contributed by atoms with van der Waals surface area (Å²) in [5.74, 6) is 1.69. The van der Waals surface area contributed by atoms with Gasteiger partial charge in [-0.1, -0.05) is 170 Å². The minimum atomic E-state index is 0.825. The fraction of sp³-hybridized carbons (Fsp3) is 0. The lowest BCUT2D eigenvalue weighted by Crippen LogP contribution is -1.95. The quantitative estimate of drug-likeness (QED) is 0.139. The van der Waals surface area contributed by atoms with Gasteiger partial charge in [-0.15, -0.1) is 0 Å². The summed E-state index contributed by atoms with van der Waals surface area (Å²) in [7, 11) is 0. The molecule has 12 aromatic carbocycles. The molecule has 0 spiro atoms. The molecule has 0 N–H and O–H groups in total. The van der Waals surface area contributed by atoms with E-state index in [0.717, 1.165) is 133 Å². The van der Waals surface area contributed by atoms with Crippen molar-refractivity contribution in [2.45, 2.75) is 0 Å². The maximum Gasteiger partial charge on any atom is 0.136 e. The molecule has 0 bridgehead atoms. The molecule has 0 unspecified atom stereocenters. The first kappa shape index (κ1) is 53.1. The lowest BCUT2D eigenvalue weighted by atomic mass is 9.84. The number of hydrogen-bond donors (Lipinski definition) is 0. The molecule has 0 aliphatic rings. The molecule has 0 saturated carbocycles. The number of furan rings is 2. The number of pyridine rings is 6. The van der Waals surface area contributed by atoms with Crippen molar-refractivity contribution in [3.8, 4) is 90.2 Å². The van der Waals surface area contributed by atoms with E-state index in [1.54, 1.807) is 12.4 Å². The third-order valence-electron chi connectivity index (χ3n) is 18.7. The summed E-state index contributed by atoms with van der Waals surface area (Å²) >= 11 is 0. The van der Waals surface area contributed by atoms with E-state index < -0.39 is 0 Å². The molecule has 0 amide bonds. The van der Waals surface area contributed by atoms with E-state index in [1.165, 1.54) is 65.2 Å². The third-order valence-corrected chi connectivity index (χ3v) is 18.7. The molecule has 20 aromatic rings. The minimum Gasteiger partial charge on any atom is -0.456 e. The summed E-state index contributed by atoms with van der Waals surface area (Å²) in [5, 5.41) is 18.8. The lowest BCUT2D eigenvalue weighted by molar-refractivity contribution is 0.632. The van der Waals surface area contributed by atoms with Crippen LogP contribution in [0.2, 0.25) is 0 Å². The van der Waals surface area contributed by atoms with E-state index >= 15 is 0 Å². The maximum atomic E-state index is 6.54. The number of aromatic nitrogens is 6. The molecule has 436 valence electrons. The van der Waals surface area contributed by atoms with E-state index in [-0.39, 0.29) is 0 Å². The normalized spacial score (nSPS) is 11.8. The van der Waals surface area contributed by atoms with Crippen molar-refractivity contribution in [2.75, 3.05) is 0 Å². The van der Waals surface area contributed by atoms with Crippen LogP contribution in [0.15, 0.2) is 313 Å². The van der Waals surface area contributed by atoms with Crippen molar-refractivity contribution in [3.05, 3.63) is 304 Å². The second-order valence-corrected chi connectivity index (χ2v) is 24.0. The van der Waals surface area contributed by atoms with Gasteiger partial charge in [-0.05, 0) is 196 Å². The third kappa shape index (κ3) is 8.61. The Kier molecular flexibility index (Phi) is 12.1. The van der Waals surface area contributed by atoms with Crippen LogP contribution >= 0.6 is 0 Å². The Hall–Kier alpha value is -12.8. The first-order valence-electron chi connectivity index (χ1n) is 31.5. The number of para-hydroxylation sites is 4. The molecular formula is C86H50N6O2. The average molecular weight is 1200 g/mol. The van der Waals surface area contributed by atoms with Crippen molar-refractivity contribution in [1.29, 1.82) is 0 Å². The molecule has 8 nitrogen and oxygen atoms in total. The summed E-state index contributed by atoms with van der Waals surface area (Å²) in [6, 6.07) is 97.5. The van der Waals surface area contributed by atoms with Gasteiger partial charge in [-0.2, -0.15) is 0 Å². The van der Waals surface area contributed by atoms with Gasteiger partial charge < -0.3 is 8.83 Å². The molecule has 0 radical (unpaired) electrons. The van der Waals surface area contributed by atoms with Crippen LogP contribution in [-0.4, -0.2) is 29.9 Å². The van der Waals surface area contributed by atoms with Crippen LogP contribution < -0.4 is 0 Å². The Bertz CT molecular complexity index is 6300. The zero-order valence-electron chi connectivity index (χ0n) is 50.4. The molecule has 0 saturated heterocycles. The van der Waals surface area contributed by atoms with Gasteiger partial charge in [0.2, 0.25) is 0 Å². The smallest absolute Gasteiger partial charge is 0.136 e. The van der Waals surface area contributed by atoms with Crippen molar-refractivity contribution >= 4 is 108 Å². The number of rotatable bonds is 8. The second kappa shape index (κ2) is 21.4. The molecular weight excluding hydrogens is 1150 g/mol. The van der Waals surface area contributed by atoms with Crippen molar-refractivity contribution < 1.29 is 8.83 Å². The fourth-order valence-electron chi connectivity index (χ4n) is 14.5. The lowest BCUT2D eigenvalue weighted by Gasteiger charge is -2.19. The zero-order chi connectivity index (χ0) is 61.8. The van der Waals surface area contributed by atoms with Gasteiger partial charge in [0.05, 0.1) is 45.2 Å². The molecule has 0 fully saturated rings. The predicted molar refractivity (Wildman–Crippen MR) is 385 cm³/mol. The minimum absolute atomic E-state index is 0.825. The number of fused-ring (bicyclic) bond motifs is 4. The van der Waals surface area contributed by atoms with Crippen LogP contribution in [0.4, 0.5) is 0 Å². The summed E-state index contributed by atoms with van der Waals surface area (Å²) in [5.41, 5.74) is 17.8. The van der Waals surface area contributed by atoms with E-state index in [2.05, 4.69) is 208 Å². The van der Waals surface area contributed by atoms with Crippen LogP contribution in [0.3, 0.4) is 0 Å². The molecule has 8 heteroatoms. The number of nitrogens with zero attached hydrogens (tertiary/aromatic N) is 6. The molecule has 8 heterocycles. The highest BCUT2D eigenvalue weighted by Crippen LogP contribution is 2.50. The van der Waals surface area contributed by atoms with Gasteiger partial charge >= 0.3 is 0 Å². The molecule has 20 rings (SSSR count). The highest BCUT2D eigenvalue weighted by Gasteiger charge is 2.24. The monoisotopic (exact) mass is 1200 g/mol. The average Bonchev–Trinajstić information content (AvgIpc) is 0.864. The van der Waals surface area contributed by atoms with Gasteiger partial charge in [0.15, 0.2) is 0 Å². The van der Waals surface area contributed by atoms with Crippen molar-refractivity contribution in [3.63, 3.8) is 0 Å². The Morgan fingerprint density at radius 3 is 1.14 bits per heavy atom. The second-order valence-electron chi connectivity index (χ2n) is 24.0. The Morgan fingerprint density at radius 1 is 0.202 bits per heavy atom. The van der Waals surface area contributed by atoms with Crippen LogP contribution in [0.25, 0.3) is 199 Å². The molecule has 94 heavy (non-hydrogen) atoms. The largest absolute Gasteiger partial charge is 0.456 e. The Balaban J connectivity index is 0.000000134. The SMILES string of the molecule is c1ccc(-c2cccc(-c3ccc4ccc5c(-c6cc7ccccc7o6)cc(-c6cccc(-c7ccccn7)n6)c6ccc3c4c65)n2)nc1.c1ccc2oc(-c3cc(-c4ccnc5ccccc45)c4ccc5c(-c6ccnc7ccccc67)ccc6ccc3c4c65)cc2c1. The van der Waals surface area contributed by atoms with E-state index in [1.807, 2.05) is 103 Å². The van der Waals surface area contributed by atoms with Gasteiger partial charge in [0.25, 0.3) is 0 Å². The van der Waals surface area contributed by atoms with Gasteiger partial charge in [-0.3, -0.25) is 19.9 Å². The summed E-state index contributed by atoms with van der Waals surface area (Å²) in [6.07, 6.45) is 7.45. The topological polar surface area (TPSA) is 104 Å². The standard InChI is InChI=1S/C44H26N4O.C42H24N2O/c1-2-16-41-28(9-1)25-42(49-41)34-26-33(36-13-8-15-40(48-36)38-11-4-6-24-46-38)31-22-21-30-29(19-17-27-18-20-32(34)44(31)43(27)30)35-12-7-14-39(47-35)37-10-3-5-23-45-37;1-6-12-39-26(7-1)23-40(45-39)36-24-35(29-20-22-44-38-11-5-3-9-31(29)38)33-18-17-32-27(15-13-25-14-16-34(36)42(33)41(25)32)28-19-21-43-37-10-4-2-8-30(28)37/h1-26H;1-24H. The van der Waals surface area contributed by atoms with Crippen LogP contribution in [0, 0.1) is 0 Å². The highest BCUT2D eigenvalue weighted by molar-refractivity contribution is 6.32. The predicted octanol–water partition coefficient (Wildman–Crippen LogP) is 22.7. The van der Waals surface area contributed by atoms with Gasteiger partial charge in [0.1, 0.15) is 22.7 Å². The van der Waals surface area contributed by atoms with E-state index in [0.29, 0.717) is 0 Å². The molecule has 0 aliphatic carbocycles. The summed E-state index contributed by atoms with van der Waals surface area (Å²) < 4.78 is 13.1. The van der Waals surface area contributed by atoms with Crippen LogP contribution in [-0.2, 0) is 0 Å². The first-order chi connectivity index (χ1) is 46.6. The van der Waals surface area contributed by atoms with Crippen molar-refractivity contribution in [1.82, 2.24) is 29.9 Å². The van der Waals surface area contributed by atoms with Crippen LogP contribution in [0.1, 0.15) is 0 Å². The Labute approximate surface area is 538 Å². The fourth-order valence-corrected chi connectivity index (χ4v) is 14.5. The highest BCUT2D eigenvalue weighted by atomic mass is 16.3. The zero-order valence-corrected chi connectivity index (χ0v) is 50.4. The number of hydrogen-bond acceptors (Lipinski definition) is 8. The van der Waals surface area contributed by atoms with E-state index in [9.17, 15) is 0 Å². The van der Waals surface area contributed by atoms with E-state index in [4.69, 9.17) is 18.8 Å². The van der Waals surface area contributed by atoms with Gasteiger partial charge in [0, 0.05) is 68.6 Å². The van der Waals surface area contributed by atoms with Gasteiger partial charge in [-0.25, -0.2) is 9.97 Å². The summed E-state index contributed by atoms with van der Waals surface area (Å²) in [4.78, 5) is 28.7. The molecule has 0 aliphatic heterocycles. The molecule has 0 atom stereocenters. The van der Waals surface area contributed by atoms with Crippen molar-refractivity contribution in [2.24, 2.45) is 0 Å². The Morgan fingerprint density at radius 2 is 0.596 bits per heavy atom. The number of benzene rings is 12. The summed E-state index contributed by atoms with van der Waals surface area (Å²) in [6.45, 7) is 0. The van der Waals surface area contributed by atoms with Crippen LogP contribution in [0.5, 0.6) is 0 Å². The molecule has 8 aromatic heterocycles. The maximum absolute atomic E-state index is 6.54. The first-order valence-corrected chi connectivity index (χ1v) is 31.5.